The van der Waals surface area contributed by atoms with E-state index >= 15 is 0 Å². The number of benzene rings is 2. The summed E-state index contributed by atoms with van der Waals surface area (Å²) in [7, 11) is 0. The van der Waals surface area contributed by atoms with E-state index in [1.54, 1.807) is 12.1 Å². The first-order valence-electron chi connectivity index (χ1n) is 7.20. The third-order valence-corrected chi connectivity index (χ3v) is 3.62. The summed E-state index contributed by atoms with van der Waals surface area (Å²) >= 11 is 0. The second-order valence-electron chi connectivity index (χ2n) is 5.19. The highest BCUT2D eigenvalue weighted by atomic mass is 16.3. The van der Waals surface area contributed by atoms with E-state index < -0.39 is 11.3 Å². The van der Waals surface area contributed by atoms with Crippen LogP contribution in [-0.2, 0) is 0 Å². The second-order valence-corrected chi connectivity index (χ2v) is 5.19. The molecule has 0 aliphatic carbocycles. The number of Topliss-reactive ketones (excluding diaryl/α,β-unsaturated/α-hetero) is 1. The van der Waals surface area contributed by atoms with Crippen LogP contribution in [0.3, 0.4) is 0 Å². The van der Waals surface area contributed by atoms with Gasteiger partial charge in [0.05, 0.1) is 5.69 Å². The fourth-order valence-corrected chi connectivity index (χ4v) is 2.58. The van der Waals surface area contributed by atoms with Crippen LogP contribution in [0.1, 0.15) is 17.3 Å². The summed E-state index contributed by atoms with van der Waals surface area (Å²) in [6, 6.07) is 19.8. The minimum atomic E-state index is -0.525. The molecule has 0 saturated heterocycles. The predicted octanol–water partition coefficient (Wildman–Crippen LogP) is 3.41. The second kappa shape index (κ2) is 5.93. The van der Waals surface area contributed by atoms with E-state index in [2.05, 4.69) is 0 Å². The Balaban J connectivity index is 2.41. The zero-order valence-corrected chi connectivity index (χ0v) is 12.6. The molecule has 0 unspecified atom stereocenters. The first-order valence-corrected chi connectivity index (χ1v) is 7.20. The average Bonchev–Trinajstić information content (AvgIpc) is 2.55. The number of aromatic hydroxyl groups is 1. The molecule has 0 aliphatic rings. The quantitative estimate of drug-likeness (QED) is 0.754. The highest BCUT2D eigenvalue weighted by Gasteiger charge is 2.19. The lowest BCUT2D eigenvalue weighted by molar-refractivity contribution is 0.101. The summed E-state index contributed by atoms with van der Waals surface area (Å²) in [6.45, 7) is 1.27. The number of rotatable bonds is 3. The van der Waals surface area contributed by atoms with Crippen molar-refractivity contribution in [3.8, 4) is 22.7 Å². The fraction of sp³-hybridized carbons (Fsp3) is 0.0526. The van der Waals surface area contributed by atoms with Crippen molar-refractivity contribution in [3.63, 3.8) is 0 Å². The summed E-state index contributed by atoms with van der Waals surface area (Å²) in [5.41, 5.74) is 1.22. The van der Waals surface area contributed by atoms with Crippen LogP contribution in [-0.4, -0.2) is 15.5 Å². The summed E-state index contributed by atoms with van der Waals surface area (Å²) in [6.07, 6.45) is 0. The molecular weight excluding hydrogens is 290 g/mol. The number of pyridine rings is 1. The minimum Gasteiger partial charge on any atom is -0.507 e. The normalized spacial score (nSPS) is 10.5. The van der Waals surface area contributed by atoms with E-state index in [-0.39, 0.29) is 11.3 Å². The molecule has 114 valence electrons. The number of hydrogen-bond acceptors (Lipinski definition) is 3. The first-order chi connectivity index (χ1) is 11.1. The van der Waals surface area contributed by atoms with Crippen LogP contribution in [0.4, 0.5) is 0 Å². The zero-order valence-electron chi connectivity index (χ0n) is 12.6. The Morgan fingerprint density at radius 3 is 2.09 bits per heavy atom. The van der Waals surface area contributed by atoms with Crippen LogP contribution < -0.4 is 5.56 Å². The summed E-state index contributed by atoms with van der Waals surface area (Å²) in [5, 5.41) is 10.1. The van der Waals surface area contributed by atoms with E-state index in [4.69, 9.17) is 0 Å². The molecule has 1 heterocycles. The van der Waals surface area contributed by atoms with Crippen LogP contribution in [0.5, 0.6) is 5.75 Å². The Morgan fingerprint density at radius 1 is 0.957 bits per heavy atom. The van der Waals surface area contributed by atoms with E-state index in [0.717, 1.165) is 5.56 Å². The molecule has 0 spiro atoms. The van der Waals surface area contributed by atoms with Gasteiger partial charge in [-0.1, -0.05) is 48.5 Å². The van der Waals surface area contributed by atoms with Gasteiger partial charge in [0.15, 0.2) is 5.78 Å². The van der Waals surface area contributed by atoms with Gasteiger partial charge in [-0.25, -0.2) is 0 Å². The Kier molecular flexibility index (Phi) is 3.81. The number of nitrogens with zero attached hydrogens (tertiary/aromatic N) is 1. The van der Waals surface area contributed by atoms with Gasteiger partial charge in [0.1, 0.15) is 11.3 Å². The largest absolute Gasteiger partial charge is 0.507 e. The van der Waals surface area contributed by atoms with Crippen LogP contribution in [0.25, 0.3) is 16.9 Å². The first kappa shape index (κ1) is 14.8. The van der Waals surface area contributed by atoms with Crippen molar-refractivity contribution < 1.29 is 9.90 Å². The Morgan fingerprint density at radius 2 is 1.52 bits per heavy atom. The van der Waals surface area contributed by atoms with Crippen LogP contribution in [0.2, 0.25) is 0 Å². The maximum atomic E-state index is 12.8. The van der Waals surface area contributed by atoms with Crippen molar-refractivity contribution in [2.45, 2.75) is 6.92 Å². The third-order valence-electron chi connectivity index (χ3n) is 3.62. The molecule has 1 N–H and O–H groups in total. The Labute approximate surface area is 133 Å². The van der Waals surface area contributed by atoms with E-state index in [9.17, 15) is 14.7 Å². The van der Waals surface area contributed by atoms with Gasteiger partial charge < -0.3 is 5.11 Å². The maximum absolute atomic E-state index is 12.8. The van der Waals surface area contributed by atoms with Gasteiger partial charge in [-0.15, -0.1) is 0 Å². The molecule has 0 aliphatic heterocycles. The smallest absolute Gasteiger partial charge is 0.270 e. The standard InChI is InChI=1S/C19H15NO3/c1-13(21)18-17(22)12-16(14-8-4-2-5-9-14)20(19(18)23)15-10-6-3-7-11-15/h2-12,22H,1H3. The van der Waals surface area contributed by atoms with Gasteiger partial charge in [-0.2, -0.15) is 0 Å². The Hall–Kier alpha value is -3.14. The lowest BCUT2D eigenvalue weighted by Crippen LogP contribution is -2.25. The van der Waals surface area contributed by atoms with Crippen molar-refractivity contribution in [1.82, 2.24) is 4.57 Å². The number of para-hydroxylation sites is 1. The topological polar surface area (TPSA) is 59.3 Å². The molecule has 0 bridgehead atoms. The lowest BCUT2D eigenvalue weighted by atomic mass is 10.1. The lowest BCUT2D eigenvalue weighted by Gasteiger charge is -2.15. The van der Waals surface area contributed by atoms with Gasteiger partial charge >= 0.3 is 0 Å². The number of hydrogen-bond donors (Lipinski definition) is 1. The van der Waals surface area contributed by atoms with Gasteiger partial charge in [-0.05, 0) is 24.6 Å². The molecule has 2 aromatic carbocycles. The number of ketones is 1. The average molecular weight is 305 g/mol. The monoisotopic (exact) mass is 305 g/mol. The molecule has 4 nitrogen and oxygen atoms in total. The SMILES string of the molecule is CC(=O)c1c(O)cc(-c2ccccc2)n(-c2ccccc2)c1=O. The number of aromatic nitrogens is 1. The van der Waals surface area contributed by atoms with Crippen LogP contribution in [0, 0.1) is 0 Å². The molecule has 0 atom stereocenters. The number of carbonyl (C=O) groups is 1. The predicted molar refractivity (Wildman–Crippen MR) is 89.1 cm³/mol. The van der Waals surface area contributed by atoms with Crippen LogP contribution >= 0.6 is 0 Å². The molecule has 23 heavy (non-hydrogen) atoms. The van der Waals surface area contributed by atoms with Gasteiger partial charge in [0, 0.05) is 11.8 Å². The maximum Gasteiger partial charge on any atom is 0.270 e. The Bertz CT molecular complexity index is 913. The fourth-order valence-electron chi connectivity index (χ4n) is 2.58. The molecule has 4 heteroatoms. The van der Waals surface area contributed by atoms with Crippen molar-refractivity contribution >= 4 is 5.78 Å². The molecule has 1 aromatic heterocycles. The molecular formula is C19H15NO3. The van der Waals surface area contributed by atoms with E-state index in [1.165, 1.54) is 17.6 Å². The van der Waals surface area contributed by atoms with Crippen molar-refractivity contribution in [2.24, 2.45) is 0 Å². The van der Waals surface area contributed by atoms with E-state index in [0.29, 0.717) is 11.4 Å². The van der Waals surface area contributed by atoms with E-state index in [1.807, 2.05) is 48.5 Å². The summed E-state index contributed by atoms with van der Waals surface area (Å²) < 4.78 is 1.45. The van der Waals surface area contributed by atoms with Crippen LogP contribution in [0.15, 0.2) is 71.5 Å². The third kappa shape index (κ3) is 2.66. The highest BCUT2D eigenvalue weighted by Crippen LogP contribution is 2.26. The van der Waals surface area contributed by atoms with Crippen molar-refractivity contribution in [2.75, 3.05) is 0 Å². The molecule has 0 amide bonds. The van der Waals surface area contributed by atoms with Crippen molar-refractivity contribution in [1.29, 1.82) is 0 Å². The molecule has 0 saturated carbocycles. The summed E-state index contributed by atoms with van der Waals surface area (Å²) in [4.78, 5) is 24.6. The van der Waals surface area contributed by atoms with Crippen molar-refractivity contribution in [3.05, 3.63) is 82.6 Å². The molecule has 3 rings (SSSR count). The molecule has 3 aromatic rings. The number of carbonyl (C=O) groups excluding carboxylic acids is 1. The van der Waals surface area contributed by atoms with Gasteiger partial charge in [-0.3, -0.25) is 14.2 Å². The summed E-state index contributed by atoms with van der Waals surface area (Å²) in [5.74, 6) is -0.759. The van der Waals surface area contributed by atoms with Gasteiger partial charge in [0.2, 0.25) is 0 Å². The minimum absolute atomic E-state index is 0.200. The van der Waals surface area contributed by atoms with Gasteiger partial charge in [0.25, 0.3) is 5.56 Å². The highest BCUT2D eigenvalue weighted by molar-refractivity contribution is 5.97. The molecule has 0 radical (unpaired) electrons. The molecule has 0 fully saturated rings. The zero-order chi connectivity index (χ0) is 16.4.